The van der Waals surface area contributed by atoms with Crippen molar-refractivity contribution in [3.63, 3.8) is 0 Å². The Kier molecular flexibility index (Phi) is 6.22. The van der Waals surface area contributed by atoms with Gasteiger partial charge in [0.1, 0.15) is 5.75 Å². The quantitative estimate of drug-likeness (QED) is 0.694. The predicted octanol–water partition coefficient (Wildman–Crippen LogP) is 2.54. The van der Waals surface area contributed by atoms with Gasteiger partial charge in [-0.05, 0) is 48.9 Å². The topological polar surface area (TPSA) is 107 Å². The van der Waals surface area contributed by atoms with Crippen molar-refractivity contribution in [3.05, 3.63) is 53.6 Å². The molecule has 6 heteroatoms. The molecule has 22 heavy (non-hydrogen) atoms. The zero-order chi connectivity index (χ0) is 16.7. The van der Waals surface area contributed by atoms with Gasteiger partial charge in [-0.1, -0.05) is 6.07 Å². The third-order valence-corrected chi connectivity index (χ3v) is 2.80. The van der Waals surface area contributed by atoms with E-state index in [1.165, 1.54) is 37.4 Å². The Labute approximate surface area is 127 Å². The first kappa shape index (κ1) is 17.3. The van der Waals surface area contributed by atoms with Gasteiger partial charge in [0.25, 0.3) is 0 Å². The highest BCUT2D eigenvalue weighted by Gasteiger charge is 2.05. The van der Waals surface area contributed by atoms with Crippen LogP contribution in [0.2, 0.25) is 0 Å². The number of phenolic OH excluding ortho intramolecular Hbond substituents is 2. The minimum absolute atomic E-state index is 0.0741. The van der Waals surface area contributed by atoms with E-state index in [2.05, 4.69) is 0 Å². The number of carboxylic acids is 1. The van der Waals surface area contributed by atoms with E-state index in [-0.39, 0.29) is 17.1 Å². The molecule has 0 aliphatic carbocycles. The van der Waals surface area contributed by atoms with E-state index in [4.69, 9.17) is 14.9 Å². The molecule has 0 amide bonds. The van der Waals surface area contributed by atoms with Crippen LogP contribution in [0.1, 0.15) is 28.9 Å². The predicted molar refractivity (Wildman–Crippen MR) is 80.4 cm³/mol. The molecule has 0 fully saturated rings. The standard InChI is InChI=1S/C9H12O3.C7H6O3/c1-6(10)7-3-4-8(11)9(5-7)12-2;8-6-3-1-5(2-4-6)7(9)10/h3-6,10-11H,1-2H3;1-4,8H,(H,9,10). The van der Waals surface area contributed by atoms with Crippen molar-refractivity contribution in [1.29, 1.82) is 0 Å². The van der Waals surface area contributed by atoms with Gasteiger partial charge >= 0.3 is 5.97 Å². The van der Waals surface area contributed by atoms with Gasteiger partial charge in [0.15, 0.2) is 11.5 Å². The van der Waals surface area contributed by atoms with Crippen LogP contribution < -0.4 is 4.74 Å². The second-order valence-electron chi connectivity index (χ2n) is 4.46. The summed E-state index contributed by atoms with van der Waals surface area (Å²) in [6, 6.07) is 10.1. The Bertz CT molecular complexity index is 619. The van der Waals surface area contributed by atoms with Crippen LogP contribution in [0.4, 0.5) is 0 Å². The molecule has 0 saturated carbocycles. The molecule has 1 unspecified atom stereocenters. The molecule has 1 atom stereocenters. The largest absolute Gasteiger partial charge is 0.508 e. The van der Waals surface area contributed by atoms with E-state index in [1.54, 1.807) is 19.1 Å². The van der Waals surface area contributed by atoms with Crippen molar-refractivity contribution in [2.75, 3.05) is 7.11 Å². The SMILES string of the molecule is COc1cc(C(C)O)ccc1O.O=C(O)c1ccc(O)cc1. The first-order chi connectivity index (χ1) is 10.3. The number of phenols is 2. The summed E-state index contributed by atoms with van der Waals surface area (Å²) in [7, 11) is 1.47. The van der Waals surface area contributed by atoms with Crippen LogP contribution in [0.15, 0.2) is 42.5 Å². The molecular weight excluding hydrogens is 288 g/mol. The number of aliphatic hydroxyl groups is 1. The molecule has 0 saturated heterocycles. The van der Waals surface area contributed by atoms with Gasteiger partial charge in [-0.25, -0.2) is 4.79 Å². The second-order valence-corrected chi connectivity index (χ2v) is 4.46. The van der Waals surface area contributed by atoms with Crippen molar-refractivity contribution in [2.24, 2.45) is 0 Å². The van der Waals surface area contributed by atoms with Crippen molar-refractivity contribution in [3.8, 4) is 17.2 Å². The molecule has 2 aromatic rings. The lowest BCUT2D eigenvalue weighted by Crippen LogP contribution is -1.93. The number of methoxy groups -OCH3 is 1. The summed E-state index contributed by atoms with van der Waals surface area (Å²) in [6.07, 6.45) is -0.542. The first-order valence-corrected chi connectivity index (χ1v) is 6.42. The summed E-state index contributed by atoms with van der Waals surface area (Å²) >= 11 is 0. The average Bonchev–Trinajstić information content (AvgIpc) is 2.48. The van der Waals surface area contributed by atoms with Crippen LogP contribution in [0.5, 0.6) is 17.2 Å². The molecule has 0 radical (unpaired) electrons. The molecule has 2 aromatic carbocycles. The lowest BCUT2D eigenvalue weighted by atomic mass is 10.1. The van der Waals surface area contributed by atoms with Gasteiger partial charge in [0.2, 0.25) is 0 Å². The molecule has 2 rings (SSSR count). The van der Waals surface area contributed by atoms with Crippen LogP contribution in [-0.2, 0) is 0 Å². The minimum atomic E-state index is -0.986. The molecule has 0 spiro atoms. The Morgan fingerprint density at radius 1 is 1.09 bits per heavy atom. The highest BCUT2D eigenvalue weighted by Crippen LogP contribution is 2.28. The van der Waals surface area contributed by atoms with E-state index < -0.39 is 12.1 Å². The van der Waals surface area contributed by atoms with Crippen molar-refractivity contribution in [1.82, 2.24) is 0 Å². The third-order valence-electron chi connectivity index (χ3n) is 2.80. The molecule has 0 aromatic heterocycles. The van der Waals surface area contributed by atoms with Crippen LogP contribution >= 0.6 is 0 Å². The lowest BCUT2D eigenvalue weighted by Gasteiger charge is -2.07. The van der Waals surface area contributed by atoms with Crippen LogP contribution in [0, 0.1) is 0 Å². The number of ether oxygens (including phenoxy) is 1. The summed E-state index contributed by atoms with van der Waals surface area (Å²) < 4.78 is 4.87. The van der Waals surface area contributed by atoms with E-state index in [1.807, 2.05) is 0 Å². The molecular formula is C16H18O6. The fourth-order valence-corrected chi connectivity index (χ4v) is 1.56. The minimum Gasteiger partial charge on any atom is -0.508 e. The fourth-order valence-electron chi connectivity index (χ4n) is 1.56. The number of hydrogen-bond acceptors (Lipinski definition) is 5. The van der Waals surface area contributed by atoms with E-state index in [0.29, 0.717) is 5.75 Å². The lowest BCUT2D eigenvalue weighted by molar-refractivity contribution is 0.0697. The highest BCUT2D eigenvalue weighted by molar-refractivity contribution is 5.87. The molecule has 118 valence electrons. The van der Waals surface area contributed by atoms with Crippen LogP contribution in [-0.4, -0.2) is 33.5 Å². The number of aliphatic hydroxyl groups excluding tert-OH is 1. The number of aromatic carboxylic acids is 1. The maximum absolute atomic E-state index is 10.2. The van der Waals surface area contributed by atoms with Crippen molar-refractivity contribution in [2.45, 2.75) is 13.0 Å². The van der Waals surface area contributed by atoms with Gasteiger partial charge in [-0.15, -0.1) is 0 Å². The number of aromatic hydroxyl groups is 2. The maximum atomic E-state index is 10.2. The summed E-state index contributed by atoms with van der Waals surface area (Å²) in [6.45, 7) is 1.66. The van der Waals surface area contributed by atoms with Crippen molar-refractivity contribution >= 4 is 5.97 Å². The average molecular weight is 306 g/mol. The Morgan fingerprint density at radius 2 is 1.68 bits per heavy atom. The zero-order valence-electron chi connectivity index (χ0n) is 12.2. The first-order valence-electron chi connectivity index (χ1n) is 6.42. The van der Waals surface area contributed by atoms with Gasteiger partial charge in [0.05, 0.1) is 18.8 Å². The normalized spacial score (nSPS) is 11.0. The third kappa shape index (κ3) is 4.99. The number of hydrogen-bond donors (Lipinski definition) is 4. The number of benzene rings is 2. The monoisotopic (exact) mass is 306 g/mol. The number of carbonyl (C=O) groups is 1. The van der Waals surface area contributed by atoms with Gasteiger partial charge < -0.3 is 25.2 Å². The van der Waals surface area contributed by atoms with Crippen LogP contribution in [0.25, 0.3) is 0 Å². The smallest absolute Gasteiger partial charge is 0.335 e. The van der Waals surface area contributed by atoms with Crippen molar-refractivity contribution < 1.29 is 30.0 Å². The molecule has 0 aliphatic rings. The van der Waals surface area contributed by atoms with E-state index >= 15 is 0 Å². The fraction of sp³-hybridized carbons (Fsp3) is 0.188. The second kappa shape index (κ2) is 7.90. The zero-order valence-corrected chi connectivity index (χ0v) is 12.2. The summed E-state index contributed by atoms with van der Waals surface area (Å²) in [5.41, 5.74) is 0.905. The Hall–Kier alpha value is -2.73. The number of rotatable bonds is 3. The van der Waals surface area contributed by atoms with Crippen LogP contribution in [0.3, 0.4) is 0 Å². The van der Waals surface area contributed by atoms with Gasteiger partial charge in [-0.3, -0.25) is 0 Å². The Balaban J connectivity index is 0.000000224. The summed E-state index contributed by atoms with van der Waals surface area (Å²) in [4.78, 5) is 10.2. The molecule has 0 heterocycles. The molecule has 0 bridgehead atoms. The summed E-state index contributed by atoms with van der Waals surface area (Å²) in [5.74, 6) is -0.444. The van der Waals surface area contributed by atoms with Gasteiger partial charge in [-0.2, -0.15) is 0 Å². The van der Waals surface area contributed by atoms with E-state index in [0.717, 1.165) is 5.56 Å². The van der Waals surface area contributed by atoms with Gasteiger partial charge in [0, 0.05) is 0 Å². The number of carboxylic acid groups (broad SMARTS) is 1. The highest BCUT2D eigenvalue weighted by atomic mass is 16.5. The molecule has 6 nitrogen and oxygen atoms in total. The van der Waals surface area contributed by atoms with E-state index in [9.17, 15) is 15.0 Å². The maximum Gasteiger partial charge on any atom is 0.335 e. The summed E-state index contributed by atoms with van der Waals surface area (Å²) in [5, 5.41) is 35.5. The molecule has 0 aliphatic heterocycles. The Morgan fingerprint density at radius 3 is 2.14 bits per heavy atom. The molecule has 4 N–H and O–H groups in total.